The monoisotopic (exact) mass is 397 g/mol. The Hall–Kier alpha value is -2.68. The van der Waals surface area contributed by atoms with E-state index in [0.717, 1.165) is 6.42 Å². The highest BCUT2D eigenvalue weighted by atomic mass is 19.4. The van der Waals surface area contributed by atoms with Gasteiger partial charge in [-0.3, -0.25) is 9.78 Å². The van der Waals surface area contributed by atoms with Gasteiger partial charge in [-0.2, -0.15) is 13.2 Å². The van der Waals surface area contributed by atoms with Crippen LogP contribution < -0.4 is 10.1 Å². The summed E-state index contributed by atoms with van der Waals surface area (Å²) in [6.07, 6.45) is 0.942. The maximum absolute atomic E-state index is 12.0. The van der Waals surface area contributed by atoms with Crippen molar-refractivity contribution in [2.45, 2.75) is 45.5 Å². The molecule has 154 valence electrons. The summed E-state index contributed by atoms with van der Waals surface area (Å²) in [4.78, 5) is 19.6. The van der Waals surface area contributed by atoms with Crippen molar-refractivity contribution >= 4 is 5.91 Å². The molecule has 2 unspecified atom stereocenters. The Kier molecular flexibility index (Phi) is 9.37. The summed E-state index contributed by atoms with van der Waals surface area (Å²) in [6.45, 7) is 4.25. The number of pyridine rings is 2. The Morgan fingerprint density at radius 3 is 2.29 bits per heavy atom. The number of alkyl halides is 3. The molecule has 6 nitrogen and oxygen atoms in total. The lowest BCUT2D eigenvalue weighted by atomic mass is 10.1. The fourth-order valence-electron chi connectivity index (χ4n) is 1.76. The lowest BCUT2D eigenvalue weighted by Crippen LogP contribution is -2.26. The number of carbonyl (C=O) groups excluding carboxylic acids is 1. The van der Waals surface area contributed by atoms with Gasteiger partial charge in [0.05, 0.1) is 6.04 Å². The first-order chi connectivity index (χ1) is 13.1. The fraction of sp³-hybridized carbons (Fsp3) is 0.421. The molecule has 0 bridgehead atoms. The van der Waals surface area contributed by atoms with E-state index in [0.29, 0.717) is 11.1 Å². The normalized spacial score (nSPS) is 13.0. The summed E-state index contributed by atoms with van der Waals surface area (Å²) in [5.41, 5.74) is 7.93. The van der Waals surface area contributed by atoms with Crippen molar-refractivity contribution in [3.8, 4) is 5.88 Å². The third kappa shape index (κ3) is 9.31. The quantitative estimate of drug-likeness (QED) is 0.762. The molecule has 2 atom stereocenters. The summed E-state index contributed by atoms with van der Waals surface area (Å²) in [6, 6.07) is 5.81. The highest BCUT2D eigenvalue weighted by Gasteiger charge is 2.28. The zero-order valence-corrected chi connectivity index (χ0v) is 16.0. The molecule has 0 aliphatic carbocycles. The average molecular weight is 397 g/mol. The fourth-order valence-corrected chi connectivity index (χ4v) is 1.76. The number of hydrogen-bond donors (Lipinski definition) is 1. The van der Waals surface area contributed by atoms with Gasteiger partial charge in [-0.1, -0.05) is 26.3 Å². The minimum atomic E-state index is -4.41. The van der Waals surface area contributed by atoms with Crippen LogP contribution >= 0.6 is 0 Å². The molecule has 2 heterocycles. The van der Waals surface area contributed by atoms with Gasteiger partial charge in [0.25, 0.3) is 5.91 Å². The van der Waals surface area contributed by atoms with Gasteiger partial charge in [-0.15, -0.1) is 6.04 Å². The number of nitrogens with zero attached hydrogens (tertiary/aromatic N) is 2. The Morgan fingerprint density at radius 1 is 1.21 bits per heavy atom. The van der Waals surface area contributed by atoms with E-state index >= 15 is 0 Å². The number of nitrogens with one attached hydrogen (secondary N) is 2. The number of rotatable bonds is 6. The third-order valence-electron chi connectivity index (χ3n) is 3.55. The van der Waals surface area contributed by atoms with Gasteiger partial charge >= 0.3 is 6.18 Å². The van der Waals surface area contributed by atoms with Crippen molar-refractivity contribution in [3.05, 3.63) is 59.7 Å². The average Bonchev–Trinajstić information content (AvgIpc) is 2.67. The van der Waals surface area contributed by atoms with Crippen LogP contribution in [0, 0.1) is 0 Å². The minimum Gasteiger partial charge on any atom is -0.675 e. The number of ether oxygens (including phenoxy) is 1. The third-order valence-corrected chi connectivity index (χ3v) is 3.55. The van der Waals surface area contributed by atoms with Crippen molar-refractivity contribution in [1.29, 1.82) is 0 Å². The predicted octanol–water partition coefficient (Wildman–Crippen LogP) is 4.75. The molecule has 2 N–H and O–H groups in total. The first-order valence-corrected chi connectivity index (χ1v) is 8.70. The zero-order valence-electron chi connectivity index (χ0n) is 16.0. The molecule has 2 aromatic heterocycles. The Bertz CT molecular complexity index is 707. The molecule has 0 aromatic carbocycles. The second kappa shape index (κ2) is 11.2. The maximum Gasteiger partial charge on any atom is 0.422 e. The first kappa shape index (κ1) is 23.4. The summed E-state index contributed by atoms with van der Waals surface area (Å²) in [7, 11) is 0. The molecule has 0 aliphatic heterocycles. The summed E-state index contributed by atoms with van der Waals surface area (Å²) >= 11 is 0. The van der Waals surface area contributed by atoms with Crippen LogP contribution in [0.15, 0.2) is 42.9 Å². The molecule has 0 saturated carbocycles. The molecule has 0 saturated heterocycles. The van der Waals surface area contributed by atoms with E-state index in [9.17, 15) is 18.0 Å². The minimum absolute atomic E-state index is 0.126. The van der Waals surface area contributed by atoms with E-state index in [4.69, 9.17) is 5.73 Å². The molecular weight excluding hydrogens is 373 g/mol. The predicted molar refractivity (Wildman–Crippen MR) is 100.0 cm³/mol. The SMILES string of the molecule is CC(NC(=O)c1ccncc1)c1ccc(OCC(F)(F)F)nc1.CCC(C)[NH-]. The van der Waals surface area contributed by atoms with Crippen molar-refractivity contribution < 1.29 is 22.7 Å². The highest BCUT2D eigenvalue weighted by Crippen LogP contribution is 2.19. The number of hydrogen-bond acceptors (Lipinski definition) is 4. The molecule has 2 rings (SSSR count). The molecule has 0 radical (unpaired) electrons. The smallest absolute Gasteiger partial charge is 0.422 e. The van der Waals surface area contributed by atoms with Crippen LogP contribution in [0.25, 0.3) is 5.73 Å². The van der Waals surface area contributed by atoms with Crippen LogP contribution in [-0.2, 0) is 0 Å². The van der Waals surface area contributed by atoms with Crippen LogP contribution in [0.5, 0.6) is 5.88 Å². The van der Waals surface area contributed by atoms with E-state index in [2.05, 4.69) is 20.0 Å². The van der Waals surface area contributed by atoms with Crippen molar-refractivity contribution in [1.82, 2.24) is 15.3 Å². The van der Waals surface area contributed by atoms with Crippen molar-refractivity contribution in [3.63, 3.8) is 0 Å². The number of aromatic nitrogens is 2. The second-order valence-electron chi connectivity index (χ2n) is 6.07. The van der Waals surface area contributed by atoms with Crippen LogP contribution in [0.2, 0.25) is 0 Å². The molecule has 0 aliphatic rings. The molecule has 28 heavy (non-hydrogen) atoms. The van der Waals surface area contributed by atoms with Gasteiger partial charge in [-0.25, -0.2) is 4.98 Å². The van der Waals surface area contributed by atoms with Gasteiger partial charge in [-0.05, 0) is 24.6 Å². The summed E-state index contributed by atoms with van der Waals surface area (Å²) in [5, 5.41) is 2.76. The van der Waals surface area contributed by atoms with E-state index in [1.807, 2.05) is 13.8 Å². The zero-order chi connectivity index (χ0) is 21.2. The Morgan fingerprint density at radius 2 is 1.82 bits per heavy atom. The van der Waals surface area contributed by atoms with Crippen LogP contribution in [0.4, 0.5) is 13.2 Å². The Labute approximate surface area is 162 Å². The number of amides is 1. The van der Waals surface area contributed by atoms with Crippen LogP contribution in [-0.4, -0.2) is 34.7 Å². The van der Waals surface area contributed by atoms with Gasteiger partial charge in [0, 0.05) is 30.2 Å². The van der Waals surface area contributed by atoms with Crippen LogP contribution in [0.3, 0.4) is 0 Å². The molecule has 0 spiro atoms. The van der Waals surface area contributed by atoms with Crippen molar-refractivity contribution in [2.24, 2.45) is 0 Å². The number of halogens is 3. The lowest BCUT2D eigenvalue weighted by Gasteiger charge is -2.14. The molecule has 2 aromatic rings. The number of carbonyl (C=O) groups is 1. The topological polar surface area (TPSA) is 87.9 Å². The van der Waals surface area contributed by atoms with Gasteiger partial charge in [0.15, 0.2) is 6.61 Å². The molecular formula is C19H24F3N4O2-. The van der Waals surface area contributed by atoms with Gasteiger partial charge in [0.1, 0.15) is 0 Å². The first-order valence-electron chi connectivity index (χ1n) is 8.70. The van der Waals surface area contributed by atoms with E-state index in [-0.39, 0.29) is 23.9 Å². The standard InChI is InChI=1S/C15H14F3N3O2.C4H10N/c1-10(21-14(22)11-4-6-19-7-5-11)12-2-3-13(20-8-12)23-9-15(16,17)18;1-3-4(2)5/h2-8,10H,9H2,1H3,(H,21,22);4-5H,3H2,1-2H3/q;-1. The second-order valence-corrected chi connectivity index (χ2v) is 6.07. The van der Waals surface area contributed by atoms with E-state index in [1.165, 1.54) is 24.7 Å². The molecule has 0 fully saturated rings. The van der Waals surface area contributed by atoms with E-state index in [1.54, 1.807) is 25.1 Å². The van der Waals surface area contributed by atoms with Gasteiger partial charge < -0.3 is 15.8 Å². The van der Waals surface area contributed by atoms with Gasteiger partial charge in [0.2, 0.25) is 5.88 Å². The van der Waals surface area contributed by atoms with E-state index < -0.39 is 12.8 Å². The largest absolute Gasteiger partial charge is 0.675 e. The maximum atomic E-state index is 12.0. The highest BCUT2D eigenvalue weighted by molar-refractivity contribution is 5.94. The van der Waals surface area contributed by atoms with Crippen LogP contribution in [0.1, 0.15) is 49.2 Å². The van der Waals surface area contributed by atoms with Crippen molar-refractivity contribution in [2.75, 3.05) is 6.61 Å². The summed E-state index contributed by atoms with van der Waals surface area (Å²) < 4.78 is 40.7. The molecule has 1 amide bonds. The summed E-state index contributed by atoms with van der Waals surface area (Å²) in [5.74, 6) is -0.406. The Balaban J connectivity index is 0.000000696. The lowest BCUT2D eigenvalue weighted by molar-refractivity contribution is -0.154. The molecule has 9 heteroatoms.